The molecule has 0 saturated heterocycles. The van der Waals surface area contributed by atoms with Gasteiger partial charge in [-0.1, -0.05) is 0 Å². The van der Waals surface area contributed by atoms with Crippen LogP contribution in [0, 0.1) is 17.2 Å². The Bertz CT molecular complexity index is 1450. The summed E-state index contributed by atoms with van der Waals surface area (Å²) in [5, 5.41) is 62.5. The largest absolute Gasteiger partial charge is 0.508 e. The molecule has 2 aromatic rings. The molecule has 11 heteroatoms. The number of rotatable bonds is 3. The average Bonchev–Trinajstić information content (AvgIpc) is 3.36. The number of phenols is 1. The number of aromatic nitrogens is 1. The molecule has 0 aliphatic heterocycles. The first-order chi connectivity index (χ1) is 17.4. The van der Waals surface area contributed by atoms with Crippen molar-refractivity contribution in [1.82, 2.24) is 9.47 Å². The van der Waals surface area contributed by atoms with E-state index in [2.05, 4.69) is 0 Å². The number of hydrogen-bond donors (Lipinski definition) is 6. The molecule has 11 nitrogen and oxygen atoms in total. The summed E-state index contributed by atoms with van der Waals surface area (Å²) in [6.45, 7) is 0. The van der Waals surface area contributed by atoms with E-state index in [1.165, 1.54) is 31.1 Å². The number of aliphatic hydroxyl groups excluding tert-OH is 2. The highest BCUT2D eigenvalue weighted by Gasteiger charge is 2.64. The van der Waals surface area contributed by atoms with E-state index in [1.807, 2.05) is 0 Å². The van der Waals surface area contributed by atoms with Crippen LogP contribution in [0.1, 0.15) is 23.1 Å². The summed E-state index contributed by atoms with van der Waals surface area (Å²) >= 11 is 0. The smallest absolute Gasteiger partial charge is 0.342 e. The Hall–Kier alpha value is -4.22. The number of nitrogens with zero attached hydrogens (tertiary/aromatic N) is 2. The molecular formula is C26H25N3O8. The van der Waals surface area contributed by atoms with Gasteiger partial charge in [-0.2, -0.15) is 0 Å². The van der Waals surface area contributed by atoms with E-state index >= 15 is 0 Å². The molecule has 4 atom stereocenters. The zero-order valence-electron chi connectivity index (χ0n) is 20.0. The minimum Gasteiger partial charge on any atom is -0.508 e. The Morgan fingerprint density at radius 3 is 2.38 bits per heavy atom. The van der Waals surface area contributed by atoms with Crippen molar-refractivity contribution in [3.63, 3.8) is 0 Å². The number of aromatic hydroxyl groups is 1. The molecule has 0 unspecified atom stereocenters. The first kappa shape index (κ1) is 24.5. The third-order valence-corrected chi connectivity index (χ3v) is 7.69. The predicted molar refractivity (Wildman–Crippen MR) is 129 cm³/mol. The van der Waals surface area contributed by atoms with Crippen LogP contribution in [-0.2, 0) is 20.8 Å². The lowest BCUT2D eigenvalue weighted by Gasteiger charge is -2.50. The highest BCUT2D eigenvalue weighted by molar-refractivity contribution is 6.23. The average molecular weight is 507 g/mol. The molecule has 3 aliphatic carbocycles. The molecular weight excluding hydrogens is 482 g/mol. The number of likely N-dealkylation sites (N-methyl/N-ethyl adjacent to an activating group) is 1. The highest BCUT2D eigenvalue weighted by Crippen LogP contribution is 2.53. The normalized spacial score (nSPS) is 27.2. The Kier molecular flexibility index (Phi) is 5.39. The van der Waals surface area contributed by atoms with Crippen LogP contribution in [0.4, 0.5) is 0 Å². The zero-order chi connectivity index (χ0) is 27.0. The number of carboxylic acid groups (broad SMARTS) is 1. The number of hydrogen-bond acceptors (Lipinski definition) is 9. The molecule has 1 heterocycles. The Balaban J connectivity index is 1.73. The maximum Gasteiger partial charge on any atom is 0.342 e. The third kappa shape index (κ3) is 3.20. The molecule has 1 saturated carbocycles. The molecule has 0 radical (unpaired) electrons. The number of ketones is 2. The van der Waals surface area contributed by atoms with Crippen LogP contribution in [0.2, 0.25) is 0 Å². The lowest BCUT2D eigenvalue weighted by atomic mass is 9.57. The van der Waals surface area contributed by atoms with Crippen molar-refractivity contribution in [3.8, 4) is 5.75 Å². The second-order valence-electron chi connectivity index (χ2n) is 9.83. The SMILES string of the molecule is CN(C)[C@@H]1C(=O)C(C(=O)O)=C(O)[C@@]2(O)C(=O)C3=C(O)c4c(O)ccc(C(=N)n5cccc5)c4C[C@H]3C[C@@H]12. The standard InChI is InChI=1S/C26H25N3O8/c1-28(2)19-14-10-11-9-13-12(24(27)29-7-3-4-8-29)5-6-15(30)17(13)20(31)16(11)22(33)26(14,37)23(34)18(21(19)32)25(35)36/h3-8,11,14,19,27,30-31,34,37H,9-10H2,1-2H3,(H,35,36)/t11-,14-,19-,26-/m0/s1. The number of fused-ring (bicyclic) bond motifs is 3. The van der Waals surface area contributed by atoms with E-state index in [1.54, 1.807) is 29.1 Å². The van der Waals surface area contributed by atoms with Crippen LogP contribution >= 0.6 is 0 Å². The van der Waals surface area contributed by atoms with Crippen LogP contribution in [-0.4, -0.2) is 84.1 Å². The number of carbonyl (C=O) groups is 3. The Morgan fingerprint density at radius 1 is 1.14 bits per heavy atom. The number of nitrogens with one attached hydrogen (secondary N) is 1. The van der Waals surface area contributed by atoms with Crippen LogP contribution < -0.4 is 0 Å². The third-order valence-electron chi connectivity index (χ3n) is 7.69. The summed E-state index contributed by atoms with van der Waals surface area (Å²) in [6, 6.07) is 5.07. The summed E-state index contributed by atoms with van der Waals surface area (Å²) in [6.07, 6.45) is 3.37. The van der Waals surface area contributed by atoms with Gasteiger partial charge in [-0.15, -0.1) is 0 Å². The van der Waals surface area contributed by atoms with Gasteiger partial charge in [0.25, 0.3) is 0 Å². The van der Waals surface area contributed by atoms with Gasteiger partial charge < -0.3 is 30.1 Å². The fourth-order valence-electron chi connectivity index (χ4n) is 6.06. The quantitative estimate of drug-likeness (QED) is 0.202. The molecule has 192 valence electrons. The molecule has 1 fully saturated rings. The predicted octanol–water partition coefficient (Wildman–Crippen LogP) is 1.24. The topological polar surface area (TPSA) is 184 Å². The molecule has 37 heavy (non-hydrogen) atoms. The van der Waals surface area contributed by atoms with Crippen molar-refractivity contribution < 1.29 is 39.9 Å². The molecule has 1 aromatic carbocycles. The summed E-state index contributed by atoms with van der Waals surface area (Å²) in [4.78, 5) is 40.1. The Labute approximate surface area is 210 Å². The van der Waals surface area contributed by atoms with Crippen LogP contribution in [0.3, 0.4) is 0 Å². The fraction of sp³-hybridized carbons (Fsp3) is 0.308. The van der Waals surface area contributed by atoms with Crippen molar-refractivity contribution in [1.29, 1.82) is 5.41 Å². The van der Waals surface area contributed by atoms with E-state index < -0.39 is 58.1 Å². The fourth-order valence-corrected chi connectivity index (χ4v) is 6.06. The number of benzene rings is 1. The second kappa shape index (κ2) is 8.15. The van der Waals surface area contributed by atoms with Gasteiger partial charge in [0, 0.05) is 29.4 Å². The van der Waals surface area contributed by atoms with Crippen LogP contribution in [0.15, 0.2) is 53.6 Å². The molecule has 0 amide bonds. The van der Waals surface area contributed by atoms with Gasteiger partial charge in [-0.25, -0.2) is 4.79 Å². The lowest BCUT2D eigenvalue weighted by molar-refractivity contribution is -0.155. The number of phenolic OH excluding ortho intramolecular Hbond substituents is 1. The number of carboxylic acids is 1. The number of aliphatic carboxylic acids is 1. The van der Waals surface area contributed by atoms with Gasteiger partial charge >= 0.3 is 5.97 Å². The number of carbonyl (C=O) groups excluding carboxylic acids is 2. The van der Waals surface area contributed by atoms with E-state index in [4.69, 9.17) is 5.41 Å². The van der Waals surface area contributed by atoms with Gasteiger partial charge in [0.05, 0.1) is 11.6 Å². The number of Topliss-reactive ketones (excluding diaryl/α,β-unsaturated/α-hetero) is 2. The minimum atomic E-state index is -2.76. The molecule has 0 bridgehead atoms. The van der Waals surface area contributed by atoms with E-state index in [0.29, 0.717) is 11.1 Å². The summed E-state index contributed by atoms with van der Waals surface area (Å²) in [7, 11) is 3.01. The Morgan fingerprint density at radius 2 is 1.78 bits per heavy atom. The molecule has 3 aliphatic rings. The van der Waals surface area contributed by atoms with Gasteiger partial charge in [-0.3, -0.25) is 19.9 Å². The van der Waals surface area contributed by atoms with Crippen molar-refractivity contribution in [3.05, 3.63) is 70.3 Å². The van der Waals surface area contributed by atoms with Gasteiger partial charge in [0.15, 0.2) is 17.1 Å². The second-order valence-corrected chi connectivity index (χ2v) is 9.83. The molecule has 6 N–H and O–H groups in total. The maximum atomic E-state index is 13.8. The zero-order valence-corrected chi connectivity index (χ0v) is 20.0. The van der Waals surface area contributed by atoms with Gasteiger partial charge in [-0.05, 0) is 62.7 Å². The highest BCUT2D eigenvalue weighted by atomic mass is 16.4. The van der Waals surface area contributed by atoms with E-state index in [0.717, 1.165) is 0 Å². The summed E-state index contributed by atoms with van der Waals surface area (Å²) in [5.74, 6) is -7.94. The summed E-state index contributed by atoms with van der Waals surface area (Å²) < 4.78 is 1.55. The molecule has 5 rings (SSSR count). The van der Waals surface area contributed by atoms with E-state index in [9.17, 15) is 39.9 Å². The monoisotopic (exact) mass is 507 g/mol. The van der Waals surface area contributed by atoms with Crippen molar-refractivity contribution >= 4 is 29.1 Å². The van der Waals surface area contributed by atoms with Crippen molar-refractivity contribution in [2.75, 3.05) is 14.1 Å². The number of aliphatic hydroxyl groups is 3. The van der Waals surface area contributed by atoms with Crippen LogP contribution in [0.5, 0.6) is 5.75 Å². The van der Waals surface area contributed by atoms with Gasteiger partial charge in [0.2, 0.25) is 5.78 Å². The van der Waals surface area contributed by atoms with E-state index in [-0.39, 0.29) is 35.6 Å². The maximum absolute atomic E-state index is 13.8. The van der Waals surface area contributed by atoms with Crippen molar-refractivity contribution in [2.24, 2.45) is 11.8 Å². The summed E-state index contributed by atoms with van der Waals surface area (Å²) in [5.41, 5.74) is -3.37. The minimum absolute atomic E-state index is 0.0570. The molecule has 0 spiro atoms. The first-order valence-corrected chi connectivity index (χ1v) is 11.6. The molecule has 1 aromatic heterocycles. The van der Waals surface area contributed by atoms with Crippen molar-refractivity contribution in [2.45, 2.75) is 24.5 Å². The lowest BCUT2D eigenvalue weighted by Crippen LogP contribution is -2.65. The van der Waals surface area contributed by atoms with Crippen LogP contribution in [0.25, 0.3) is 5.76 Å². The first-order valence-electron chi connectivity index (χ1n) is 11.6. The van der Waals surface area contributed by atoms with Gasteiger partial charge in [0.1, 0.15) is 22.9 Å².